The molecular weight excluding hydrogens is 292 g/mol. The highest BCUT2D eigenvalue weighted by Crippen LogP contribution is 2.23. The number of halogens is 1. The molecule has 0 saturated heterocycles. The minimum Gasteiger partial charge on any atom is -0.477 e. The van der Waals surface area contributed by atoms with Gasteiger partial charge in [0.15, 0.2) is 0 Å². The fourth-order valence-corrected chi connectivity index (χ4v) is 2.04. The third-order valence-electron chi connectivity index (χ3n) is 2.98. The first-order valence-electron chi connectivity index (χ1n) is 6.65. The third-order valence-corrected chi connectivity index (χ3v) is 3.42. The van der Waals surface area contributed by atoms with Gasteiger partial charge >= 0.3 is 0 Å². The summed E-state index contributed by atoms with van der Waals surface area (Å²) < 4.78 is 6.79. The van der Waals surface area contributed by atoms with E-state index < -0.39 is 0 Å². The molecule has 0 amide bonds. The predicted octanol–water partition coefficient (Wildman–Crippen LogP) is 3.52. The summed E-state index contributed by atoms with van der Waals surface area (Å²) in [4.78, 5) is 4.36. The normalized spacial score (nSPS) is 15.1. The molecule has 0 atom stereocenters. The minimum atomic E-state index is 0.661. The van der Waals surface area contributed by atoms with Crippen molar-refractivity contribution in [3.05, 3.63) is 22.3 Å². The summed E-state index contributed by atoms with van der Waals surface area (Å²) in [5, 5.41) is 3.50. The van der Waals surface area contributed by atoms with Crippen LogP contribution in [0, 0.1) is 5.92 Å². The summed E-state index contributed by atoms with van der Waals surface area (Å²) in [5.74, 6) is 1.43. The quantitative estimate of drug-likeness (QED) is 0.836. The highest BCUT2D eigenvalue weighted by molar-refractivity contribution is 9.10. The Morgan fingerprint density at radius 1 is 1.50 bits per heavy atom. The van der Waals surface area contributed by atoms with Crippen LogP contribution in [0.5, 0.6) is 5.88 Å². The SMILES string of the molecule is CC(C)CCOc1ncc(Br)cc1CNC1CC1. The zero-order valence-corrected chi connectivity index (χ0v) is 12.7. The first kappa shape index (κ1) is 13.8. The maximum Gasteiger partial charge on any atom is 0.217 e. The van der Waals surface area contributed by atoms with Crippen molar-refractivity contribution in [3.63, 3.8) is 0 Å². The summed E-state index contributed by atoms with van der Waals surface area (Å²) in [6, 6.07) is 2.79. The summed E-state index contributed by atoms with van der Waals surface area (Å²) in [6.07, 6.45) is 5.45. The van der Waals surface area contributed by atoms with Crippen LogP contribution in [0.15, 0.2) is 16.7 Å². The van der Waals surface area contributed by atoms with E-state index in [0.717, 1.165) is 35.5 Å². The lowest BCUT2D eigenvalue weighted by atomic mass is 10.1. The van der Waals surface area contributed by atoms with Crippen molar-refractivity contribution >= 4 is 15.9 Å². The molecule has 0 aliphatic heterocycles. The van der Waals surface area contributed by atoms with Gasteiger partial charge in [-0.1, -0.05) is 13.8 Å². The summed E-state index contributed by atoms with van der Waals surface area (Å²) in [6.45, 7) is 5.98. The Morgan fingerprint density at radius 3 is 2.94 bits per heavy atom. The van der Waals surface area contributed by atoms with Crippen LogP contribution in [-0.2, 0) is 6.54 Å². The molecular formula is C14H21BrN2O. The topological polar surface area (TPSA) is 34.1 Å². The number of pyridine rings is 1. The fourth-order valence-electron chi connectivity index (χ4n) is 1.66. The highest BCUT2D eigenvalue weighted by atomic mass is 79.9. The van der Waals surface area contributed by atoms with Gasteiger partial charge in [0.2, 0.25) is 5.88 Å². The maximum absolute atomic E-state index is 5.78. The molecule has 1 N–H and O–H groups in total. The third kappa shape index (κ3) is 4.58. The molecule has 0 spiro atoms. The Labute approximate surface area is 117 Å². The Kier molecular flexibility index (Phi) is 5.01. The first-order valence-corrected chi connectivity index (χ1v) is 7.45. The molecule has 0 bridgehead atoms. The van der Waals surface area contributed by atoms with Gasteiger partial charge in [-0.2, -0.15) is 0 Å². The molecule has 1 aliphatic carbocycles. The van der Waals surface area contributed by atoms with Crippen LogP contribution in [0.4, 0.5) is 0 Å². The molecule has 100 valence electrons. The van der Waals surface area contributed by atoms with Gasteiger partial charge < -0.3 is 10.1 Å². The predicted molar refractivity (Wildman–Crippen MR) is 76.7 cm³/mol. The van der Waals surface area contributed by atoms with Gasteiger partial charge in [0.05, 0.1) is 6.61 Å². The van der Waals surface area contributed by atoms with E-state index >= 15 is 0 Å². The number of ether oxygens (including phenoxy) is 1. The van der Waals surface area contributed by atoms with Gasteiger partial charge in [0.1, 0.15) is 0 Å². The number of aromatic nitrogens is 1. The van der Waals surface area contributed by atoms with Crippen molar-refractivity contribution in [1.82, 2.24) is 10.3 Å². The zero-order valence-electron chi connectivity index (χ0n) is 11.1. The van der Waals surface area contributed by atoms with Crippen LogP contribution in [0.3, 0.4) is 0 Å². The first-order chi connectivity index (χ1) is 8.65. The number of nitrogens with zero attached hydrogens (tertiary/aromatic N) is 1. The maximum atomic E-state index is 5.78. The Morgan fingerprint density at radius 2 is 2.28 bits per heavy atom. The molecule has 4 heteroatoms. The van der Waals surface area contributed by atoms with E-state index in [9.17, 15) is 0 Å². The molecule has 1 aromatic rings. The average molecular weight is 313 g/mol. The summed E-state index contributed by atoms with van der Waals surface area (Å²) >= 11 is 3.46. The van der Waals surface area contributed by atoms with Crippen LogP contribution >= 0.6 is 15.9 Å². The Hall–Kier alpha value is -0.610. The molecule has 0 aromatic carbocycles. The molecule has 2 rings (SSSR count). The summed E-state index contributed by atoms with van der Waals surface area (Å²) in [5.41, 5.74) is 1.14. The van der Waals surface area contributed by atoms with Crippen LogP contribution in [-0.4, -0.2) is 17.6 Å². The van der Waals surface area contributed by atoms with Gasteiger partial charge in [-0.05, 0) is 47.2 Å². The number of hydrogen-bond donors (Lipinski definition) is 1. The lowest BCUT2D eigenvalue weighted by Crippen LogP contribution is -2.16. The minimum absolute atomic E-state index is 0.661. The molecule has 1 saturated carbocycles. The number of hydrogen-bond acceptors (Lipinski definition) is 3. The lowest BCUT2D eigenvalue weighted by Gasteiger charge is -2.12. The van der Waals surface area contributed by atoms with Crippen molar-refractivity contribution < 1.29 is 4.74 Å². The molecule has 18 heavy (non-hydrogen) atoms. The fraction of sp³-hybridized carbons (Fsp3) is 0.643. The van der Waals surface area contributed by atoms with Crippen LogP contribution < -0.4 is 10.1 Å². The van der Waals surface area contributed by atoms with E-state index in [1.165, 1.54) is 12.8 Å². The van der Waals surface area contributed by atoms with E-state index in [1.807, 2.05) is 0 Å². The van der Waals surface area contributed by atoms with Gasteiger partial charge in [-0.15, -0.1) is 0 Å². The number of rotatable bonds is 7. The van der Waals surface area contributed by atoms with Gasteiger partial charge in [0.25, 0.3) is 0 Å². The van der Waals surface area contributed by atoms with E-state index in [2.05, 4.69) is 46.1 Å². The standard InChI is InChI=1S/C14H21BrN2O/c1-10(2)5-6-18-14-11(7-12(15)9-17-14)8-16-13-3-4-13/h7,9-10,13,16H,3-6,8H2,1-2H3. The van der Waals surface area contributed by atoms with Crippen molar-refractivity contribution in [1.29, 1.82) is 0 Å². The monoisotopic (exact) mass is 312 g/mol. The molecule has 1 fully saturated rings. The van der Waals surface area contributed by atoms with Gasteiger partial charge in [-0.3, -0.25) is 0 Å². The molecule has 3 nitrogen and oxygen atoms in total. The second-order valence-corrected chi connectivity index (χ2v) is 6.22. The van der Waals surface area contributed by atoms with Gasteiger partial charge in [0, 0.05) is 28.8 Å². The van der Waals surface area contributed by atoms with E-state index in [1.54, 1.807) is 6.20 Å². The van der Waals surface area contributed by atoms with Gasteiger partial charge in [-0.25, -0.2) is 4.98 Å². The summed E-state index contributed by atoms with van der Waals surface area (Å²) in [7, 11) is 0. The second kappa shape index (κ2) is 6.53. The largest absolute Gasteiger partial charge is 0.477 e. The van der Waals surface area contributed by atoms with Crippen LogP contribution in [0.2, 0.25) is 0 Å². The van der Waals surface area contributed by atoms with Crippen molar-refractivity contribution in [3.8, 4) is 5.88 Å². The molecule has 0 unspecified atom stereocenters. The van der Waals surface area contributed by atoms with Crippen molar-refractivity contribution in [2.75, 3.05) is 6.61 Å². The van der Waals surface area contributed by atoms with E-state index in [0.29, 0.717) is 12.0 Å². The molecule has 1 aliphatic rings. The smallest absolute Gasteiger partial charge is 0.217 e. The number of nitrogens with one attached hydrogen (secondary N) is 1. The molecule has 1 aromatic heterocycles. The molecule has 1 heterocycles. The molecule has 0 radical (unpaired) electrons. The lowest BCUT2D eigenvalue weighted by molar-refractivity contribution is 0.276. The van der Waals surface area contributed by atoms with Crippen molar-refractivity contribution in [2.24, 2.45) is 5.92 Å². The van der Waals surface area contributed by atoms with Crippen LogP contribution in [0.1, 0.15) is 38.7 Å². The van der Waals surface area contributed by atoms with Crippen molar-refractivity contribution in [2.45, 2.75) is 45.7 Å². The Bertz CT molecular complexity index is 391. The van der Waals surface area contributed by atoms with E-state index in [-0.39, 0.29) is 0 Å². The van der Waals surface area contributed by atoms with E-state index in [4.69, 9.17) is 4.74 Å². The zero-order chi connectivity index (χ0) is 13.0. The van der Waals surface area contributed by atoms with Crippen LogP contribution in [0.25, 0.3) is 0 Å². The second-order valence-electron chi connectivity index (χ2n) is 5.30. The highest BCUT2D eigenvalue weighted by Gasteiger charge is 2.21. The average Bonchev–Trinajstić information content (AvgIpc) is 3.12. The Balaban J connectivity index is 1.93.